The first-order chi connectivity index (χ1) is 17.0. The topological polar surface area (TPSA) is 118 Å². The largest absolute Gasteiger partial charge is 0.497 e. The number of hydrogen-bond donors (Lipinski definition) is 2. The van der Waals surface area contributed by atoms with Crippen LogP contribution in [-0.4, -0.2) is 33.1 Å². The molecule has 10 heteroatoms. The molecule has 3 aromatic rings. The highest BCUT2D eigenvalue weighted by Gasteiger charge is 2.27. The van der Waals surface area contributed by atoms with Crippen LogP contribution in [0.15, 0.2) is 36.4 Å². The molecule has 0 aliphatic rings. The third-order valence-corrected chi connectivity index (χ3v) is 10.7. The highest BCUT2D eigenvalue weighted by atomic mass is 32.2. The summed E-state index contributed by atoms with van der Waals surface area (Å²) in [6, 6.07) is 11.5. The molecule has 3 aromatic carbocycles. The van der Waals surface area contributed by atoms with Gasteiger partial charge in [0.05, 0.1) is 7.11 Å². The molecule has 0 amide bonds. The molecule has 200 valence electrons. The Labute approximate surface area is 221 Å². The van der Waals surface area contributed by atoms with Gasteiger partial charge in [-0.3, -0.25) is 9.11 Å². The molecule has 37 heavy (non-hydrogen) atoms. The smallest absolute Gasteiger partial charge is 0.269 e. The van der Waals surface area contributed by atoms with Crippen LogP contribution in [0, 0.1) is 41.5 Å². The number of methoxy groups -OCH3 is 1. The third kappa shape index (κ3) is 6.98. The first kappa shape index (κ1) is 29.3. The van der Waals surface area contributed by atoms with Crippen molar-refractivity contribution in [3.63, 3.8) is 0 Å². The summed E-state index contributed by atoms with van der Waals surface area (Å²) in [6.45, 7) is 11.6. The van der Waals surface area contributed by atoms with Gasteiger partial charge in [-0.1, -0.05) is 35.4 Å². The predicted octanol–water partition coefficient (Wildman–Crippen LogP) is 4.08. The van der Waals surface area contributed by atoms with Crippen molar-refractivity contribution in [3.05, 3.63) is 80.9 Å². The Morgan fingerprint density at radius 2 is 1.08 bits per heavy atom. The van der Waals surface area contributed by atoms with E-state index < -0.39 is 39.7 Å². The van der Waals surface area contributed by atoms with E-state index in [2.05, 4.69) is 12.1 Å². The molecule has 0 radical (unpaired) electrons. The van der Waals surface area contributed by atoms with E-state index >= 15 is 0 Å². The van der Waals surface area contributed by atoms with E-state index in [1.165, 1.54) is 7.11 Å². The van der Waals surface area contributed by atoms with Gasteiger partial charge in [0.15, 0.2) is 0 Å². The fraction of sp³-hybridized carbons (Fsp3) is 0.333. The van der Waals surface area contributed by atoms with E-state index in [1.807, 2.05) is 53.7 Å². The number of aryl methyl sites for hydroxylation is 3. The SMILES string of the molecule is COc1cc(CS(=O)(=O)O)c(C)c(P(c2cc(C)cc(C)c2C)c2cc(C)cc(CS(=O)(=O)O)c2C)c1. The van der Waals surface area contributed by atoms with Gasteiger partial charge in [-0.25, -0.2) is 0 Å². The van der Waals surface area contributed by atoms with Crippen LogP contribution in [0.2, 0.25) is 0 Å². The summed E-state index contributed by atoms with van der Waals surface area (Å²) in [5.74, 6) is -0.607. The second-order valence-electron chi connectivity index (χ2n) is 9.51. The Morgan fingerprint density at radius 1 is 0.649 bits per heavy atom. The molecule has 0 aromatic heterocycles. The standard InChI is InChI=1S/C27H33O7PS2/c1-16-8-18(3)19(4)25(10-16)35(26-11-17(2)9-22(20(26)5)14-36(28,29)30)27-13-24(34-7)12-23(21(27)6)15-37(31,32)33/h8-13H,14-15H2,1-7H3,(H,28,29,30)(H,31,32,33). The molecule has 3 rings (SSSR count). The van der Waals surface area contributed by atoms with Gasteiger partial charge in [0, 0.05) is 0 Å². The highest BCUT2D eigenvalue weighted by molar-refractivity contribution is 7.85. The van der Waals surface area contributed by atoms with Gasteiger partial charge >= 0.3 is 0 Å². The van der Waals surface area contributed by atoms with Crippen LogP contribution in [0.25, 0.3) is 0 Å². The Kier molecular flexibility index (Phi) is 8.57. The average molecular weight is 565 g/mol. The molecule has 0 aliphatic carbocycles. The molecule has 2 N–H and O–H groups in total. The minimum absolute atomic E-state index is 0.426. The molecule has 0 saturated carbocycles. The molecular weight excluding hydrogens is 531 g/mol. The fourth-order valence-corrected chi connectivity index (χ4v) is 9.11. The summed E-state index contributed by atoms with van der Waals surface area (Å²) in [5, 5.41) is 2.79. The maximum Gasteiger partial charge on any atom is 0.269 e. The lowest BCUT2D eigenvalue weighted by Gasteiger charge is -2.28. The Bertz CT molecular complexity index is 1580. The van der Waals surface area contributed by atoms with E-state index in [4.69, 9.17) is 4.74 Å². The van der Waals surface area contributed by atoms with Gasteiger partial charge < -0.3 is 4.74 Å². The Hall–Kier alpha value is -2.29. The van der Waals surface area contributed by atoms with E-state index in [0.717, 1.165) is 43.7 Å². The van der Waals surface area contributed by atoms with Crippen LogP contribution in [0.1, 0.15) is 44.5 Å². The van der Waals surface area contributed by atoms with Crippen molar-refractivity contribution in [2.24, 2.45) is 0 Å². The lowest BCUT2D eigenvalue weighted by molar-refractivity contribution is 0.414. The number of rotatable bonds is 8. The molecule has 0 aliphatic heterocycles. The second kappa shape index (κ2) is 10.8. The Balaban J connectivity index is 2.48. The first-order valence-corrected chi connectivity index (χ1v) is 16.1. The van der Waals surface area contributed by atoms with E-state index in [9.17, 15) is 25.9 Å². The van der Waals surface area contributed by atoms with Gasteiger partial charge in [0.1, 0.15) is 17.3 Å². The van der Waals surface area contributed by atoms with Crippen molar-refractivity contribution in [3.8, 4) is 5.75 Å². The summed E-state index contributed by atoms with van der Waals surface area (Å²) in [7, 11) is -8.39. The number of hydrogen-bond acceptors (Lipinski definition) is 5. The molecule has 0 bridgehead atoms. The maximum absolute atomic E-state index is 11.8. The monoisotopic (exact) mass is 564 g/mol. The summed E-state index contributed by atoms with van der Waals surface area (Å²) in [4.78, 5) is 0. The van der Waals surface area contributed by atoms with Crippen LogP contribution in [-0.2, 0) is 31.7 Å². The van der Waals surface area contributed by atoms with E-state index in [0.29, 0.717) is 22.4 Å². The average Bonchev–Trinajstić information content (AvgIpc) is 2.75. The second-order valence-corrected chi connectivity index (χ2v) is 14.5. The van der Waals surface area contributed by atoms with Gasteiger partial charge in [-0.2, -0.15) is 16.8 Å². The molecule has 0 saturated heterocycles. The van der Waals surface area contributed by atoms with Crippen LogP contribution >= 0.6 is 7.92 Å². The lowest BCUT2D eigenvalue weighted by atomic mass is 10.1. The van der Waals surface area contributed by atoms with Gasteiger partial charge in [-0.15, -0.1) is 0 Å². The molecular formula is C27H33O7PS2. The number of benzene rings is 3. The zero-order valence-electron chi connectivity index (χ0n) is 22.1. The fourth-order valence-electron chi connectivity index (χ4n) is 4.56. The maximum atomic E-state index is 11.8. The predicted molar refractivity (Wildman–Crippen MR) is 151 cm³/mol. The van der Waals surface area contributed by atoms with Crippen LogP contribution in [0.3, 0.4) is 0 Å². The third-order valence-electron chi connectivity index (χ3n) is 6.51. The van der Waals surface area contributed by atoms with Crippen molar-refractivity contribution in [1.82, 2.24) is 0 Å². The zero-order chi connectivity index (χ0) is 27.9. The van der Waals surface area contributed by atoms with Crippen molar-refractivity contribution < 1.29 is 30.7 Å². The van der Waals surface area contributed by atoms with Crippen LogP contribution in [0.5, 0.6) is 5.75 Å². The first-order valence-electron chi connectivity index (χ1n) is 11.6. The normalized spacial score (nSPS) is 13.0. The van der Waals surface area contributed by atoms with Gasteiger partial charge in [0.2, 0.25) is 0 Å². The van der Waals surface area contributed by atoms with Crippen molar-refractivity contribution in [2.45, 2.75) is 53.0 Å². The van der Waals surface area contributed by atoms with Gasteiger partial charge in [0.25, 0.3) is 20.2 Å². The lowest BCUT2D eigenvalue weighted by Crippen LogP contribution is -2.28. The molecule has 0 spiro atoms. The quantitative estimate of drug-likeness (QED) is 0.313. The van der Waals surface area contributed by atoms with Crippen molar-refractivity contribution >= 4 is 44.1 Å². The molecule has 1 unspecified atom stereocenters. The summed E-state index contributed by atoms with van der Waals surface area (Å²) in [5.41, 5.74) is 6.46. The van der Waals surface area contributed by atoms with Crippen LogP contribution in [0.4, 0.5) is 0 Å². The summed E-state index contributed by atoms with van der Waals surface area (Å²) < 4.78 is 72.0. The van der Waals surface area contributed by atoms with Crippen molar-refractivity contribution in [1.29, 1.82) is 0 Å². The Morgan fingerprint density at radius 3 is 1.57 bits per heavy atom. The molecule has 7 nitrogen and oxygen atoms in total. The minimum Gasteiger partial charge on any atom is -0.497 e. The summed E-state index contributed by atoms with van der Waals surface area (Å²) in [6.07, 6.45) is 0. The molecule has 1 atom stereocenters. The zero-order valence-corrected chi connectivity index (χ0v) is 24.6. The van der Waals surface area contributed by atoms with Gasteiger partial charge in [-0.05, 0) is 111 Å². The highest BCUT2D eigenvalue weighted by Crippen LogP contribution is 2.40. The minimum atomic E-state index is -4.30. The van der Waals surface area contributed by atoms with E-state index in [1.54, 1.807) is 12.1 Å². The number of ether oxygens (including phenoxy) is 1. The molecule has 0 heterocycles. The summed E-state index contributed by atoms with van der Waals surface area (Å²) >= 11 is 0. The van der Waals surface area contributed by atoms with E-state index in [-0.39, 0.29) is 0 Å². The molecule has 0 fully saturated rings. The van der Waals surface area contributed by atoms with Crippen LogP contribution < -0.4 is 20.7 Å². The van der Waals surface area contributed by atoms with Crippen molar-refractivity contribution in [2.75, 3.05) is 7.11 Å².